The highest BCUT2D eigenvalue weighted by Gasteiger charge is 2.24. The lowest BCUT2D eigenvalue weighted by molar-refractivity contribution is 0.0256. The fraction of sp³-hybridized carbons (Fsp3) is 0.952. The first-order chi connectivity index (χ1) is 12.6. The molecule has 0 atom stereocenters. The molecule has 0 unspecified atom stereocenters. The van der Waals surface area contributed by atoms with Gasteiger partial charge in [0.05, 0.1) is 0 Å². The number of carbonyl (C=O) groups is 1. The van der Waals surface area contributed by atoms with Crippen LogP contribution in [0.5, 0.6) is 0 Å². The first kappa shape index (κ1) is 24.2. The van der Waals surface area contributed by atoms with Gasteiger partial charge in [0, 0.05) is 51.4 Å². The molecule has 0 saturated carbocycles. The molecule has 2 aliphatic heterocycles. The van der Waals surface area contributed by atoms with Gasteiger partial charge in [-0.05, 0) is 74.4 Å². The number of ether oxygens (including phenoxy) is 1. The number of nitrogens with zero attached hydrogens (tertiary/aromatic N) is 3. The summed E-state index contributed by atoms with van der Waals surface area (Å²) in [5, 5.41) is 3.39. The van der Waals surface area contributed by atoms with Gasteiger partial charge in [0.2, 0.25) is 0 Å². The SMILES string of the molecule is CC(C)N1CCCN(C(=O)OC(C)(C)C)CC1.CC(C)N1CCCNCC1. The Morgan fingerprint density at radius 1 is 0.815 bits per heavy atom. The van der Waals surface area contributed by atoms with Crippen molar-refractivity contribution < 1.29 is 9.53 Å². The van der Waals surface area contributed by atoms with E-state index in [0.29, 0.717) is 6.04 Å². The van der Waals surface area contributed by atoms with E-state index >= 15 is 0 Å². The van der Waals surface area contributed by atoms with Gasteiger partial charge in [-0.3, -0.25) is 9.80 Å². The van der Waals surface area contributed by atoms with Crippen molar-refractivity contribution >= 4 is 6.09 Å². The van der Waals surface area contributed by atoms with Gasteiger partial charge in [-0.2, -0.15) is 0 Å². The van der Waals surface area contributed by atoms with Gasteiger partial charge in [0.15, 0.2) is 0 Å². The van der Waals surface area contributed by atoms with E-state index in [1.54, 1.807) is 0 Å². The second-order valence-electron chi connectivity index (χ2n) is 9.18. The maximum Gasteiger partial charge on any atom is 0.410 e. The first-order valence-corrected chi connectivity index (χ1v) is 10.8. The maximum absolute atomic E-state index is 11.9. The quantitative estimate of drug-likeness (QED) is 0.793. The van der Waals surface area contributed by atoms with Crippen LogP contribution in [0.25, 0.3) is 0 Å². The number of hydrogen-bond donors (Lipinski definition) is 1. The Morgan fingerprint density at radius 2 is 1.41 bits per heavy atom. The van der Waals surface area contributed by atoms with Crippen molar-refractivity contribution in [3.63, 3.8) is 0 Å². The number of amides is 1. The van der Waals surface area contributed by atoms with E-state index in [2.05, 4.69) is 42.8 Å². The van der Waals surface area contributed by atoms with Crippen LogP contribution in [0.3, 0.4) is 0 Å². The summed E-state index contributed by atoms with van der Waals surface area (Å²) in [6.07, 6.45) is 2.15. The average molecular weight is 385 g/mol. The van der Waals surface area contributed by atoms with E-state index < -0.39 is 5.60 Å². The molecular weight excluding hydrogens is 340 g/mol. The highest BCUT2D eigenvalue weighted by atomic mass is 16.6. The Bertz CT molecular complexity index is 413. The molecular formula is C21H44N4O2. The number of rotatable bonds is 2. The summed E-state index contributed by atoms with van der Waals surface area (Å²) in [6.45, 7) is 23.1. The number of nitrogens with one attached hydrogen (secondary N) is 1. The Kier molecular flexibility index (Phi) is 10.6. The monoisotopic (exact) mass is 384 g/mol. The topological polar surface area (TPSA) is 48.1 Å². The van der Waals surface area contributed by atoms with Crippen LogP contribution in [0.2, 0.25) is 0 Å². The van der Waals surface area contributed by atoms with Gasteiger partial charge in [-0.25, -0.2) is 4.79 Å². The van der Waals surface area contributed by atoms with Crippen molar-refractivity contribution in [2.24, 2.45) is 0 Å². The summed E-state index contributed by atoms with van der Waals surface area (Å²) in [6, 6.07) is 1.27. The molecule has 0 spiro atoms. The maximum atomic E-state index is 11.9. The van der Waals surface area contributed by atoms with Crippen LogP contribution in [0.4, 0.5) is 4.79 Å². The van der Waals surface area contributed by atoms with Gasteiger partial charge in [0.25, 0.3) is 0 Å². The van der Waals surface area contributed by atoms with Crippen LogP contribution in [0.1, 0.15) is 61.3 Å². The van der Waals surface area contributed by atoms with Gasteiger partial charge in [-0.15, -0.1) is 0 Å². The standard InChI is InChI=1S/C13H26N2O2.C8H18N2/c1-11(2)14-7-6-8-15(10-9-14)12(16)17-13(3,4)5;1-8(2)10-6-3-4-9-5-7-10/h11H,6-10H2,1-5H3;8-9H,3-7H2,1-2H3. The summed E-state index contributed by atoms with van der Waals surface area (Å²) in [5.74, 6) is 0. The molecule has 6 heteroatoms. The summed E-state index contributed by atoms with van der Waals surface area (Å²) in [5.41, 5.74) is -0.402. The molecule has 2 aliphatic rings. The molecule has 0 aromatic heterocycles. The fourth-order valence-electron chi connectivity index (χ4n) is 3.35. The van der Waals surface area contributed by atoms with Gasteiger partial charge in [0.1, 0.15) is 5.60 Å². The minimum Gasteiger partial charge on any atom is -0.444 e. The predicted molar refractivity (Wildman–Crippen MR) is 113 cm³/mol. The van der Waals surface area contributed by atoms with Crippen LogP contribution in [0, 0.1) is 0 Å². The zero-order valence-corrected chi connectivity index (χ0v) is 18.9. The Hall–Kier alpha value is -0.850. The summed E-state index contributed by atoms with van der Waals surface area (Å²) >= 11 is 0. The van der Waals surface area contributed by atoms with Crippen LogP contribution >= 0.6 is 0 Å². The second-order valence-corrected chi connectivity index (χ2v) is 9.18. The summed E-state index contributed by atoms with van der Waals surface area (Å²) in [7, 11) is 0. The van der Waals surface area contributed by atoms with E-state index in [1.165, 1.54) is 26.1 Å². The molecule has 2 heterocycles. The molecule has 6 nitrogen and oxygen atoms in total. The van der Waals surface area contributed by atoms with Crippen LogP contribution < -0.4 is 5.32 Å². The highest BCUT2D eigenvalue weighted by molar-refractivity contribution is 5.68. The normalized spacial score (nSPS) is 20.7. The minimum atomic E-state index is -0.402. The predicted octanol–water partition coefficient (Wildman–Crippen LogP) is 3.03. The van der Waals surface area contributed by atoms with E-state index in [1.807, 2.05) is 25.7 Å². The van der Waals surface area contributed by atoms with E-state index in [0.717, 1.165) is 45.2 Å². The summed E-state index contributed by atoms with van der Waals surface area (Å²) < 4.78 is 5.40. The molecule has 2 fully saturated rings. The molecule has 1 N–H and O–H groups in total. The third-order valence-electron chi connectivity index (χ3n) is 5.02. The first-order valence-electron chi connectivity index (χ1n) is 10.8. The zero-order chi connectivity index (χ0) is 20.4. The molecule has 0 aromatic rings. The third kappa shape index (κ3) is 10.3. The second kappa shape index (κ2) is 11.9. The van der Waals surface area contributed by atoms with Crippen molar-refractivity contribution in [2.45, 2.75) is 79.0 Å². The van der Waals surface area contributed by atoms with Crippen molar-refractivity contribution in [1.29, 1.82) is 0 Å². The summed E-state index contributed by atoms with van der Waals surface area (Å²) in [4.78, 5) is 18.7. The van der Waals surface area contributed by atoms with E-state index in [9.17, 15) is 4.79 Å². The molecule has 0 aromatic carbocycles. The molecule has 0 aliphatic carbocycles. The Balaban J connectivity index is 0.000000309. The molecule has 2 rings (SSSR count). The van der Waals surface area contributed by atoms with Crippen LogP contribution in [-0.4, -0.2) is 90.8 Å². The van der Waals surface area contributed by atoms with E-state index in [-0.39, 0.29) is 6.09 Å². The molecule has 160 valence electrons. The molecule has 0 radical (unpaired) electrons. The van der Waals surface area contributed by atoms with Gasteiger partial charge < -0.3 is 15.0 Å². The Morgan fingerprint density at radius 3 is 2.00 bits per heavy atom. The molecule has 2 saturated heterocycles. The Labute approximate surface area is 167 Å². The molecule has 27 heavy (non-hydrogen) atoms. The van der Waals surface area contributed by atoms with Crippen molar-refractivity contribution in [2.75, 3.05) is 52.4 Å². The lowest BCUT2D eigenvalue weighted by Crippen LogP contribution is -2.40. The van der Waals surface area contributed by atoms with Gasteiger partial charge >= 0.3 is 6.09 Å². The average Bonchev–Trinajstić information content (AvgIpc) is 2.97. The van der Waals surface area contributed by atoms with Crippen LogP contribution in [0.15, 0.2) is 0 Å². The molecule has 0 bridgehead atoms. The largest absolute Gasteiger partial charge is 0.444 e. The smallest absolute Gasteiger partial charge is 0.410 e. The van der Waals surface area contributed by atoms with Crippen molar-refractivity contribution in [3.05, 3.63) is 0 Å². The lowest BCUT2D eigenvalue weighted by Gasteiger charge is -2.27. The van der Waals surface area contributed by atoms with Crippen molar-refractivity contribution in [3.8, 4) is 0 Å². The fourth-order valence-corrected chi connectivity index (χ4v) is 3.35. The zero-order valence-electron chi connectivity index (χ0n) is 18.9. The number of hydrogen-bond acceptors (Lipinski definition) is 5. The highest BCUT2D eigenvalue weighted by Crippen LogP contribution is 2.13. The minimum absolute atomic E-state index is 0.178. The number of carbonyl (C=O) groups excluding carboxylic acids is 1. The third-order valence-corrected chi connectivity index (χ3v) is 5.02. The van der Waals surface area contributed by atoms with Gasteiger partial charge in [-0.1, -0.05) is 0 Å². The lowest BCUT2D eigenvalue weighted by atomic mass is 10.2. The van der Waals surface area contributed by atoms with E-state index in [4.69, 9.17) is 4.74 Å². The molecule has 1 amide bonds. The van der Waals surface area contributed by atoms with Crippen molar-refractivity contribution in [1.82, 2.24) is 20.0 Å². The van der Waals surface area contributed by atoms with Crippen LogP contribution in [-0.2, 0) is 4.74 Å².